The van der Waals surface area contributed by atoms with Gasteiger partial charge in [0.1, 0.15) is 0 Å². The lowest BCUT2D eigenvalue weighted by Gasteiger charge is -2.07. The lowest BCUT2D eigenvalue weighted by molar-refractivity contribution is 1.36. The lowest BCUT2D eigenvalue weighted by Crippen LogP contribution is -1.88. The van der Waals surface area contributed by atoms with Gasteiger partial charge in [0.25, 0.3) is 0 Å². The summed E-state index contributed by atoms with van der Waals surface area (Å²) in [7, 11) is 0. The van der Waals surface area contributed by atoms with Crippen LogP contribution in [-0.4, -0.2) is 0 Å². The molecule has 0 aliphatic rings. The summed E-state index contributed by atoms with van der Waals surface area (Å²) in [5.41, 5.74) is 10.2. The van der Waals surface area contributed by atoms with Crippen molar-refractivity contribution in [1.82, 2.24) is 0 Å². The Morgan fingerprint density at radius 2 is 0.808 bits per heavy atom. The molecule has 0 bridgehead atoms. The first-order chi connectivity index (χ1) is 12.5. The SMILES string of the molecule is Cc1ccc(C=Cc2cc(C)c(C=Cc3ccc(C)cc3)cc2C)cc1. The molecule has 26 heavy (non-hydrogen) atoms. The number of rotatable bonds is 4. The largest absolute Gasteiger partial charge is 0.0587 e. The van der Waals surface area contributed by atoms with Crippen LogP contribution >= 0.6 is 0 Å². The molecule has 0 saturated heterocycles. The van der Waals surface area contributed by atoms with Crippen LogP contribution in [0.4, 0.5) is 0 Å². The summed E-state index contributed by atoms with van der Waals surface area (Å²) >= 11 is 0. The van der Waals surface area contributed by atoms with E-state index in [0.717, 1.165) is 0 Å². The summed E-state index contributed by atoms with van der Waals surface area (Å²) in [6.07, 6.45) is 8.78. The van der Waals surface area contributed by atoms with Gasteiger partial charge in [0.2, 0.25) is 0 Å². The van der Waals surface area contributed by atoms with Crippen molar-refractivity contribution in [2.75, 3.05) is 0 Å². The van der Waals surface area contributed by atoms with Crippen LogP contribution < -0.4 is 0 Å². The van der Waals surface area contributed by atoms with E-state index in [1.54, 1.807) is 0 Å². The average molecular weight is 338 g/mol. The molecule has 0 heterocycles. The van der Waals surface area contributed by atoms with Gasteiger partial charge in [-0.1, -0.05) is 96.1 Å². The Balaban J connectivity index is 1.81. The maximum Gasteiger partial charge on any atom is -0.0224 e. The van der Waals surface area contributed by atoms with Gasteiger partial charge in [-0.3, -0.25) is 0 Å². The van der Waals surface area contributed by atoms with Crippen LogP contribution in [0.25, 0.3) is 24.3 Å². The second-order valence-electron chi connectivity index (χ2n) is 7.05. The summed E-state index contributed by atoms with van der Waals surface area (Å²) in [6.45, 7) is 8.59. The molecule has 3 aromatic carbocycles. The van der Waals surface area contributed by atoms with E-state index >= 15 is 0 Å². The standard InChI is InChI=1S/C26H26/c1-19-5-9-23(10-6-19)13-15-25-17-22(4)26(18-21(25)3)16-14-24-11-7-20(2)8-12-24/h5-18H,1-4H3. The van der Waals surface area contributed by atoms with Gasteiger partial charge in [-0.15, -0.1) is 0 Å². The van der Waals surface area contributed by atoms with Crippen molar-refractivity contribution in [3.05, 3.63) is 105 Å². The highest BCUT2D eigenvalue weighted by Crippen LogP contribution is 2.21. The van der Waals surface area contributed by atoms with Crippen molar-refractivity contribution in [1.29, 1.82) is 0 Å². The summed E-state index contributed by atoms with van der Waals surface area (Å²) in [5.74, 6) is 0. The molecule has 0 heteroatoms. The smallest absolute Gasteiger partial charge is 0.0224 e. The van der Waals surface area contributed by atoms with Crippen LogP contribution in [0.3, 0.4) is 0 Å². The van der Waals surface area contributed by atoms with Crippen LogP contribution in [0.15, 0.2) is 60.7 Å². The average Bonchev–Trinajstić information content (AvgIpc) is 2.63. The van der Waals surface area contributed by atoms with Gasteiger partial charge in [0.05, 0.1) is 0 Å². The lowest BCUT2D eigenvalue weighted by atomic mass is 9.98. The van der Waals surface area contributed by atoms with Crippen LogP contribution in [-0.2, 0) is 0 Å². The Hall–Kier alpha value is -2.86. The molecule has 0 unspecified atom stereocenters. The van der Waals surface area contributed by atoms with Crippen LogP contribution in [0.1, 0.15) is 44.5 Å². The van der Waals surface area contributed by atoms with Crippen molar-refractivity contribution in [2.45, 2.75) is 27.7 Å². The van der Waals surface area contributed by atoms with Gasteiger partial charge in [-0.2, -0.15) is 0 Å². The van der Waals surface area contributed by atoms with Gasteiger partial charge in [0, 0.05) is 0 Å². The van der Waals surface area contributed by atoms with E-state index in [1.165, 1.54) is 44.5 Å². The van der Waals surface area contributed by atoms with Crippen molar-refractivity contribution in [3.8, 4) is 0 Å². The van der Waals surface area contributed by atoms with E-state index in [9.17, 15) is 0 Å². The predicted octanol–water partition coefficient (Wildman–Crippen LogP) is 7.26. The minimum Gasteiger partial charge on any atom is -0.0587 e. The topological polar surface area (TPSA) is 0 Å². The Morgan fingerprint density at radius 1 is 0.462 bits per heavy atom. The zero-order valence-corrected chi connectivity index (χ0v) is 16.1. The summed E-state index contributed by atoms with van der Waals surface area (Å²) in [5, 5.41) is 0. The minimum atomic E-state index is 1.23. The molecule has 0 aliphatic carbocycles. The first-order valence-corrected chi connectivity index (χ1v) is 9.12. The van der Waals surface area contributed by atoms with Gasteiger partial charge in [-0.05, 0) is 61.1 Å². The molecule has 0 atom stereocenters. The van der Waals surface area contributed by atoms with Gasteiger partial charge in [-0.25, -0.2) is 0 Å². The minimum absolute atomic E-state index is 1.23. The fourth-order valence-corrected chi connectivity index (χ4v) is 2.95. The van der Waals surface area contributed by atoms with Crippen molar-refractivity contribution in [2.24, 2.45) is 0 Å². The molecule has 0 fully saturated rings. The van der Waals surface area contributed by atoms with E-state index in [-0.39, 0.29) is 0 Å². The monoisotopic (exact) mass is 338 g/mol. The molecular weight excluding hydrogens is 312 g/mol. The highest BCUT2D eigenvalue weighted by Gasteiger charge is 2.01. The van der Waals surface area contributed by atoms with Gasteiger partial charge < -0.3 is 0 Å². The Labute approximate surface area is 157 Å². The van der Waals surface area contributed by atoms with E-state index in [1.807, 2.05) is 0 Å². The van der Waals surface area contributed by atoms with Gasteiger partial charge >= 0.3 is 0 Å². The van der Waals surface area contributed by atoms with Crippen molar-refractivity contribution < 1.29 is 0 Å². The van der Waals surface area contributed by atoms with E-state index < -0.39 is 0 Å². The zero-order chi connectivity index (χ0) is 18.5. The zero-order valence-electron chi connectivity index (χ0n) is 16.1. The Kier molecular flexibility index (Phi) is 5.53. The molecule has 0 N–H and O–H groups in total. The van der Waals surface area contributed by atoms with Crippen molar-refractivity contribution in [3.63, 3.8) is 0 Å². The summed E-state index contributed by atoms with van der Waals surface area (Å²) in [6, 6.07) is 21.8. The predicted molar refractivity (Wildman–Crippen MR) is 116 cm³/mol. The molecular formula is C26H26. The summed E-state index contributed by atoms with van der Waals surface area (Å²) in [4.78, 5) is 0. The highest BCUT2D eigenvalue weighted by atomic mass is 14.1. The second kappa shape index (κ2) is 8.01. The number of hydrogen-bond donors (Lipinski definition) is 0. The maximum atomic E-state index is 2.27. The second-order valence-corrected chi connectivity index (χ2v) is 7.05. The highest BCUT2D eigenvalue weighted by molar-refractivity contribution is 5.76. The number of benzene rings is 3. The molecule has 0 amide bonds. The molecule has 3 aromatic rings. The third-order valence-electron chi connectivity index (χ3n) is 4.72. The van der Waals surface area contributed by atoms with E-state index in [0.29, 0.717) is 0 Å². The Bertz CT molecular complexity index is 855. The third-order valence-corrected chi connectivity index (χ3v) is 4.72. The molecule has 0 spiro atoms. The van der Waals surface area contributed by atoms with Crippen molar-refractivity contribution >= 4 is 24.3 Å². The quantitative estimate of drug-likeness (QED) is 0.439. The molecule has 0 radical (unpaired) electrons. The fourth-order valence-electron chi connectivity index (χ4n) is 2.95. The summed E-state index contributed by atoms with van der Waals surface area (Å²) < 4.78 is 0. The van der Waals surface area contributed by atoms with E-state index in [2.05, 4.69) is 113 Å². The Morgan fingerprint density at radius 3 is 1.15 bits per heavy atom. The first kappa shape index (κ1) is 17.9. The van der Waals surface area contributed by atoms with Crippen LogP contribution in [0.5, 0.6) is 0 Å². The fraction of sp³-hybridized carbons (Fsp3) is 0.154. The normalized spacial score (nSPS) is 11.5. The van der Waals surface area contributed by atoms with Gasteiger partial charge in [0.15, 0.2) is 0 Å². The van der Waals surface area contributed by atoms with Crippen LogP contribution in [0.2, 0.25) is 0 Å². The van der Waals surface area contributed by atoms with E-state index in [4.69, 9.17) is 0 Å². The number of aryl methyl sites for hydroxylation is 4. The molecule has 0 aromatic heterocycles. The number of hydrogen-bond acceptors (Lipinski definition) is 0. The first-order valence-electron chi connectivity index (χ1n) is 9.12. The molecule has 0 aliphatic heterocycles. The van der Waals surface area contributed by atoms with Crippen LogP contribution in [0, 0.1) is 27.7 Å². The molecule has 3 rings (SSSR count). The third kappa shape index (κ3) is 4.61. The molecule has 130 valence electrons. The molecule has 0 nitrogen and oxygen atoms in total. The molecule has 0 saturated carbocycles. The maximum absolute atomic E-state index is 2.27.